The summed E-state index contributed by atoms with van der Waals surface area (Å²) in [7, 11) is 2.03. The standard InChI is InChI=1S/C14H16BrN3/c1-10-13(16)7-8-14(17-10)18(2)9-11-3-5-12(15)6-4-11/h3-8H,9,16H2,1-2H3. The van der Waals surface area contributed by atoms with Crippen LogP contribution in [0.4, 0.5) is 11.5 Å². The summed E-state index contributed by atoms with van der Waals surface area (Å²) in [5.41, 5.74) is 8.62. The molecule has 0 spiro atoms. The van der Waals surface area contributed by atoms with Gasteiger partial charge in [-0.2, -0.15) is 0 Å². The van der Waals surface area contributed by atoms with Crippen molar-refractivity contribution < 1.29 is 0 Å². The summed E-state index contributed by atoms with van der Waals surface area (Å²) in [4.78, 5) is 6.58. The number of nitrogens with zero attached hydrogens (tertiary/aromatic N) is 2. The number of pyridine rings is 1. The summed E-state index contributed by atoms with van der Waals surface area (Å²) in [5, 5.41) is 0. The van der Waals surface area contributed by atoms with Gasteiger partial charge < -0.3 is 10.6 Å². The number of aryl methyl sites for hydroxylation is 1. The fourth-order valence-electron chi connectivity index (χ4n) is 1.72. The molecule has 94 valence electrons. The van der Waals surface area contributed by atoms with Crippen molar-refractivity contribution in [2.24, 2.45) is 0 Å². The fraction of sp³-hybridized carbons (Fsp3) is 0.214. The average Bonchev–Trinajstić information content (AvgIpc) is 2.35. The first-order valence-corrected chi connectivity index (χ1v) is 6.54. The molecule has 2 aromatic rings. The van der Waals surface area contributed by atoms with Crippen LogP contribution in [0.15, 0.2) is 40.9 Å². The highest BCUT2D eigenvalue weighted by Crippen LogP contribution is 2.18. The van der Waals surface area contributed by atoms with E-state index in [4.69, 9.17) is 5.73 Å². The maximum atomic E-state index is 5.77. The van der Waals surface area contributed by atoms with Crippen molar-refractivity contribution in [2.75, 3.05) is 17.7 Å². The Morgan fingerprint density at radius 3 is 2.44 bits per heavy atom. The number of aromatic nitrogens is 1. The first-order valence-electron chi connectivity index (χ1n) is 5.75. The molecule has 3 nitrogen and oxygen atoms in total. The summed E-state index contributed by atoms with van der Waals surface area (Å²) in [6.07, 6.45) is 0. The van der Waals surface area contributed by atoms with Crippen molar-refractivity contribution in [3.8, 4) is 0 Å². The molecule has 2 N–H and O–H groups in total. The van der Waals surface area contributed by atoms with Gasteiger partial charge in [-0.3, -0.25) is 0 Å². The first kappa shape index (κ1) is 12.9. The van der Waals surface area contributed by atoms with Crippen molar-refractivity contribution in [3.63, 3.8) is 0 Å². The van der Waals surface area contributed by atoms with Gasteiger partial charge in [0.25, 0.3) is 0 Å². The number of hydrogen-bond acceptors (Lipinski definition) is 3. The predicted molar refractivity (Wildman–Crippen MR) is 79.6 cm³/mol. The number of halogens is 1. The third kappa shape index (κ3) is 3.01. The molecule has 0 aliphatic heterocycles. The molecule has 0 fully saturated rings. The molecule has 18 heavy (non-hydrogen) atoms. The molecule has 1 aromatic carbocycles. The van der Waals surface area contributed by atoms with Crippen LogP contribution in [-0.2, 0) is 6.54 Å². The summed E-state index contributed by atoms with van der Waals surface area (Å²) in [6, 6.07) is 12.1. The maximum absolute atomic E-state index is 5.77. The van der Waals surface area contributed by atoms with E-state index in [-0.39, 0.29) is 0 Å². The molecule has 0 radical (unpaired) electrons. The molecule has 0 amide bonds. The number of anilines is 2. The molecule has 0 atom stereocenters. The normalized spacial score (nSPS) is 10.4. The zero-order valence-corrected chi connectivity index (χ0v) is 12.1. The molecule has 1 aromatic heterocycles. The highest BCUT2D eigenvalue weighted by Gasteiger charge is 2.05. The van der Waals surface area contributed by atoms with Gasteiger partial charge in [-0.05, 0) is 36.8 Å². The first-order chi connectivity index (χ1) is 8.56. The van der Waals surface area contributed by atoms with Gasteiger partial charge >= 0.3 is 0 Å². The van der Waals surface area contributed by atoms with Crippen molar-refractivity contribution in [2.45, 2.75) is 13.5 Å². The van der Waals surface area contributed by atoms with E-state index >= 15 is 0 Å². The minimum absolute atomic E-state index is 0.732. The van der Waals surface area contributed by atoms with Crippen LogP contribution >= 0.6 is 15.9 Å². The van der Waals surface area contributed by atoms with Crippen LogP contribution in [0, 0.1) is 6.92 Å². The van der Waals surface area contributed by atoms with Crippen LogP contribution in [0.1, 0.15) is 11.3 Å². The minimum Gasteiger partial charge on any atom is -0.397 e. The maximum Gasteiger partial charge on any atom is 0.128 e. The summed E-state index contributed by atoms with van der Waals surface area (Å²) in [5.74, 6) is 0.935. The summed E-state index contributed by atoms with van der Waals surface area (Å²) >= 11 is 3.43. The molecule has 0 saturated heterocycles. The minimum atomic E-state index is 0.732. The Balaban J connectivity index is 2.13. The quantitative estimate of drug-likeness (QED) is 0.945. The number of nitrogen functional groups attached to an aromatic ring is 1. The lowest BCUT2D eigenvalue weighted by Crippen LogP contribution is -2.18. The van der Waals surface area contributed by atoms with E-state index in [2.05, 4.69) is 37.9 Å². The SMILES string of the molecule is Cc1nc(N(C)Cc2ccc(Br)cc2)ccc1N. The van der Waals surface area contributed by atoms with Crippen LogP contribution in [-0.4, -0.2) is 12.0 Å². The number of benzene rings is 1. The number of hydrogen-bond donors (Lipinski definition) is 1. The predicted octanol–water partition coefficient (Wildman–Crippen LogP) is 3.37. The van der Waals surface area contributed by atoms with Crippen LogP contribution in [0.25, 0.3) is 0 Å². The summed E-state index contributed by atoms with van der Waals surface area (Å²) in [6.45, 7) is 2.75. The van der Waals surface area contributed by atoms with E-state index in [1.165, 1.54) is 5.56 Å². The van der Waals surface area contributed by atoms with Crippen molar-refractivity contribution in [1.82, 2.24) is 4.98 Å². The van der Waals surface area contributed by atoms with Gasteiger partial charge in [0.2, 0.25) is 0 Å². The van der Waals surface area contributed by atoms with Crippen molar-refractivity contribution >= 4 is 27.4 Å². The molecular formula is C14H16BrN3. The van der Waals surface area contributed by atoms with Crippen LogP contribution in [0.5, 0.6) is 0 Å². The Morgan fingerprint density at radius 2 is 1.83 bits per heavy atom. The molecule has 1 heterocycles. The topological polar surface area (TPSA) is 42.2 Å². The molecule has 4 heteroatoms. The Morgan fingerprint density at radius 1 is 1.17 bits per heavy atom. The zero-order chi connectivity index (χ0) is 13.1. The van der Waals surface area contributed by atoms with Crippen LogP contribution in [0.3, 0.4) is 0 Å². The molecule has 0 unspecified atom stereocenters. The van der Waals surface area contributed by atoms with Gasteiger partial charge in [0, 0.05) is 18.1 Å². The summed E-state index contributed by atoms with van der Waals surface area (Å²) < 4.78 is 1.09. The van der Waals surface area contributed by atoms with Gasteiger partial charge in [0.05, 0.1) is 11.4 Å². The molecule has 0 saturated carbocycles. The number of rotatable bonds is 3. The molecular weight excluding hydrogens is 290 g/mol. The van der Waals surface area contributed by atoms with Gasteiger partial charge in [0.15, 0.2) is 0 Å². The lowest BCUT2D eigenvalue weighted by Gasteiger charge is -2.19. The molecule has 0 aliphatic rings. The third-order valence-electron chi connectivity index (χ3n) is 2.84. The average molecular weight is 306 g/mol. The highest BCUT2D eigenvalue weighted by atomic mass is 79.9. The van der Waals surface area contributed by atoms with E-state index in [0.29, 0.717) is 0 Å². The fourth-order valence-corrected chi connectivity index (χ4v) is 1.98. The second kappa shape index (κ2) is 5.40. The Labute approximate surface area is 116 Å². The van der Waals surface area contributed by atoms with E-state index in [1.807, 2.05) is 38.2 Å². The zero-order valence-electron chi connectivity index (χ0n) is 10.5. The Hall–Kier alpha value is -1.55. The van der Waals surface area contributed by atoms with E-state index < -0.39 is 0 Å². The van der Waals surface area contributed by atoms with Crippen molar-refractivity contribution in [1.29, 1.82) is 0 Å². The van der Waals surface area contributed by atoms with Gasteiger partial charge in [-0.1, -0.05) is 28.1 Å². The van der Waals surface area contributed by atoms with Crippen LogP contribution < -0.4 is 10.6 Å². The van der Waals surface area contributed by atoms with E-state index in [1.54, 1.807) is 0 Å². The molecule has 0 aliphatic carbocycles. The second-order valence-electron chi connectivity index (χ2n) is 4.33. The van der Waals surface area contributed by atoms with Crippen molar-refractivity contribution in [3.05, 3.63) is 52.1 Å². The van der Waals surface area contributed by atoms with Crippen LogP contribution in [0.2, 0.25) is 0 Å². The Bertz CT molecular complexity index is 537. The van der Waals surface area contributed by atoms with Gasteiger partial charge in [-0.15, -0.1) is 0 Å². The smallest absolute Gasteiger partial charge is 0.128 e. The third-order valence-corrected chi connectivity index (χ3v) is 3.36. The lowest BCUT2D eigenvalue weighted by molar-refractivity contribution is 0.893. The molecule has 0 bridgehead atoms. The Kier molecular flexibility index (Phi) is 3.87. The van der Waals surface area contributed by atoms with Gasteiger partial charge in [0.1, 0.15) is 5.82 Å². The lowest BCUT2D eigenvalue weighted by atomic mass is 10.2. The van der Waals surface area contributed by atoms with Gasteiger partial charge in [-0.25, -0.2) is 4.98 Å². The van der Waals surface area contributed by atoms with E-state index in [9.17, 15) is 0 Å². The van der Waals surface area contributed by atoms with E-state index in [0.717, 1.165) is 28.2 Å². The highest BCUT2D eigenvalue weighted by molar-refractivity contribution is 9.10. The number of nitrogens with two attached hydrogens (primary N) is 1. The monoisotopic (exact) mass is 305 g/mol. The molecule has 2 rings (SSSR count). The largest absolute Gasteiger partial charge is 0.397 e. The second-order valence-corrected chi connectivity index (χ2v) is 5.24.